The van der Waals surface area contributed by atoms with Crippen molar-refractivity contribution in [3.05, 3.63) is 42.0 Å². The van der Waals surface area contributed by atoms with Crippen LogP contribution in [-0.2, 0) is 16.6 Å². The molecule has 4 rings (SSSR count). The van der Waals surface area contributed by atoms with E-state index in [1.165, 1.54) is 10.7 Å². The number of carbonyl (C=O) groups excluding carboxylic acids is 1. The van der Waals surface area contributed by atoms with Crippen molar-refractivity contribution in [1.29, 1.82) is 0 Å². The van der Waals surface area contributed by atoms with E-state index in [4.69, 9.17) is 0 Å². The first-order valence-corrected chi connectivity index (χ1v) is 11.8. The van der Waals surface area contributed by atoms with E-state index >= 15 is 0 Å². The molecule has 1 amide bonds. The van der Waals surface area contributed by atoms with Gasteiger partial charge in [-0.15, -0.1) is 0 Å². The van der Waals surface area contributed by atoms with Gasteiger partial charge in [0.1, 0.15) is 11.2 Å². The van der Waals surface area contributed by atoms with Crippen molar-refractivity contribution in [1.82, 2.24) is 19.2 Å². The highest BCUT2D eigenvalue weighted by Crippen LogP contribution is 2.31. The molecule has 0 unspecified atom stereocenters. The molecule has 0 saturated heterocycles. The first kappa shape index (κ1) is 20.1. The molecule has 29 heavy (non-hydrogen) atoms. The lowest BCUT2D eigenvalue weighted by molar-refractivity contribution is 0.0921. The number of amides is 1. The third-order valence-electron chi connectivity index (χ3n) is 5.66. The lowest BCUT2D eigenvalue weighted by atomic mass is 9.95. The predicted molar refractivity (Wildman–Crippen MR) is 110 cm³/mol. The highest BCUT2D eigenvalue weighted by atomic mass is 32.2. The summed E-state index contributed by atoms with van der Waals surface area (Å²) in [5, 5.41) is 3.11. The van der Waals surface area contributed by atoms with Crippen LogP contribution in [0, 0.1) is 5.92 Å². The topological polar surface area (TPSA) is 84.3 Å². The van der Waals surface area contributed by atoms with Gasteiger partial charge in [-0.25, -0.2) is 13.4 Å². The van der Waals surface area contributed by atoms with Crippen LogP contribution in [0.2, 0.25) is 0 Å². The lowest BCUT2D eigenvalue weighted by Crippen LogP contribution is -2.38. The molecule has 1 aromatic heterocycles. The summed E-state index contributed by atoms with van der Waals surface area (Å²) < 4.78 is 29.9. The summed E-state index contributed by atoms with van der Waals surface area (Å²) in [5.41, 5.74) is 1.47. The van der Waals surface area contributed by atoms with Gasteiger partial charge in [0.15, 0.2) is 5.69 Å². The molecule has 1 aliphatic carbocycles. The molecule has 156 valence electrons. The number of rotatable bonds is 4. The van der Waals surface area contributed by atoms with Gasteiger partial charge in [0.2, 0.25) is 10.0 Å². The van der Waals surface area contributed by atoms with E-state index in [0.29, 0.717) is 23.6 Å². The average molecular weight is 417 g/mol. The molecule has 0 radical (unpaired) electrons. The Morgan fingerprint density at radius 3 is 2.66 bits per heavy atom. The third-order valence-corrected chi connectivity index (χ3v) is 7.52. The summed E-state index contributed by atoms with van der Waals surface area (Å²) in [4.78, 5) is 17.6. The maximum Gasteiger partial charge on any atom is 0.272 e. The Kier molecular flexibility index (Phi) is 5.48. The van der Waals surface area contributed by atoms with Gasteiger partial charge in [0, 0.05) is 12.6 Å². The minimum Gasteiger partial charge on any atom is -0.348 e. The van der Waals surface area contributed by atoms with Crippen molar-refractivity contribution in [2.45, 2.75) is 63.4 Å². The second-order valence-corrected chi connectivity index (χ2v) is 10.3. The zero-order valence-electron chi connectivity index (χ0n) is 17.0. The first-order chi connectivity index (χ1) is 13.9. The van der Waals surface area contributed by atoms with Crippen LogP contribution < -0.4 is 5.32 Å². The molecular formula is C21H28N4O3S. The van der Waals surface area contributed by atoms with Crippen molar-refractivity contribution < 1.29 is 13.2 Å². The fourth-order valence-corrected chi connectivity index (χ4v) is 6.00. The van der Waals surface area contributed by atoms with Gasteiger partial charge in [-0.05, 0) is 30.9 Å². The number of hydrogen-bond donors (Lipinski definition) is 1. The molecule has 2 heterocycles. The van der Waals surface area contributed by atoms with E-state index in [1.807, 2.05) is 13.8 Å². The number of sulfonamides is 1. The predicted octanol–water partition coefficient (Wildman–Crippen LogP) is 3.10. The molecule has 1 N–H and O–H groups in total. The fourth-order valence-electron chi connectivity index (χ4n) is 4.26. The molecule has 1 fully saturated rings. The van der Waals surface area contributed by atoms with Gasteiger partial charge in [0.25, 0.3) is 5.91 Å². The fraction of sp³-hybridized carbons (Fsp3) is 0.524. The van der Waals surface area contributed by atoms with Crippen molar-refractivity contribution in [3.63, 3.8) is 0 Å². The normalized spacial score (nSPS) is 19.4. The van der Waals surface area contributed by atoms with Crippen LogP contribution in [0.15, 0.2) is 35.5 Å². The molecule has 7 nitrogen and oxygen atoms in total. The van der Waals surface area contributed by atoms with E-state index in [2.05, 4.69) is 10.3 Å². The van der Waals surface area contributed by atoms with Gasteiger partial charge < -0.3 is 5.32 Å². The number of carbonyl (C=O) groups is 1. The Balaban J connectivity index is 1.75. The van der Waals surface area contributed by atoms with Crippen LogP contribution in [0.25, 0.3) is 5.69 Å². The Morgan fingerprint density at radius 1 is 1.21 bits per heavy atom. The summed E-state index contributed by atoms with van der Waals surface area (Å²) in [5.74, 6) is -0.0575. The van der Waals surface area contributed by atoms with E-state index in [1.54, 1.807) is 35.2 Å². The molecule has 1 aromatic carbocycles. The summed E-state index contributed by atoms with van der Waals surface area (Å²) in [6.45, 7) is 4.48. The molecule has 1 aliphatic heterocycles. The van der Waals surface area contributed by atoms with Crippen LogP contribution in [0.4, 0.5) is 0 Å². The quantitative estimate of drug-likeness (QED) is 0.830. The molecule has 8 heteroatoms. The third kappa shape index (κ3) is 3.83. The summed E-state index contributed by atoms with van der Waals surface area (Å²) >= 11 is 0. The van der Waals surface area contributed by atoms with Gasteiger partial charge in [-0.3, -0.25) is 9.36 Å². The summed E-state index contributed by atoms with van der Waals surface area (Å²) in [6, 6.07) is 7.08. The number of para-hydroxylation sites is 1. The zero-order valence-corrected chi connectivity index (χ0v) is 17.8. The number of nitrogens with one attached hydrogen (secondary N) is 1. The lowest BCUT2D eigenvalue weighted by Gasteiger charge is -2.23. The first-order valence-electron chi connectivity index (χ1n) is 10.3. The monoisotopic (exact) mass is 416 g/mol. The molecule has 0 atom stereocenters. The Morgan fingerprint density at radius 2 is 1.93 bits per heavy atom. The highest BCUT2D eigenvalue weighted by Gasteiger charge is 2.35. The molecule has 0 bridgehead atoms. The van der Waals surface area contributed by atoms with E-state index in [-0.39, 0.29) is 29.3 Å². The van der Waals surface area contributed by atoms with Gasteiger partial charge >= 0.3 is 0 Å². The van der Waals surface area contributed by atoms with Crippen LogP contribution in [0.5, 0.6) is 0 Å². The van der Waals surface area contributed by atoms with E-state index in [0.717, 1.165) is 25.7 Å². The number of hydrogen-bond acceptors (Lipinski definition) is 4. The zero-order chi connectivity index (χ0) is 20.6. The maximum atomic E-state index is 13.3. The molecule has 2 aromatic rings. The SMILES string of the molecule is CC(C)CN1Cc2c(C(=O)NC3CCCCC3)ncn2-c2ccccc2S1(=O)=O. The standard InChI is InChI=1S/C21H28N4O3S/c1-15(2)12-24-13-18-20(21(26)23-16-8-4-3-5-9-16)22-14-25(18)17-10-6-7-11-19(17)29(24,27)28/h6-7,10-11,14-16H,3-5,8-9,12-13H2,1-2H3,(H,23,26). The van der Waals surface area contributed by atoms with Crippen molar-refractivity contribution in [3.8, 4) is 5.69 Å². The largest absolute Gasteiger partial charge is 0.348 e. The number of aromatic nitrogens is 2. The van der Waals surface area contributed by atoms with E-state index < -0.39 is 10.0 Å². The molecule has 1 saturated carbocycles. The van der Waals surface area contributed by atoms with Crippen LogP contribution in [-0.4, -0.2) is 40.8 Å². The highest BCUT2D eigenvalue weighted by molar-refractivity contribution is 7.89. The van der Waals surface area contributed by atoms with Gasteiger partial charge in [0.05, 0.1) is 17.9 Å². The molecule has 0 spiro atoms. The molecular weight excluding hydrogens is 388 g/mol. The van der Waals surface area contributed by atoms with Crippen molar-refractivity contribution >= 4 is 15.9 Å². The summed E-state index contributed by atoms with van der Waals surface area (Å²) in [7, 11) is -3.67. The number of fused-ring (bicyclic) bond motifs is 3. The minimum atomic E-state index is -3.67. The second kappa shape index (κ2) is 7.91. The van der Waals surface area contributed by atoms with Gasteiger partial charge in [-0.1, -0.05) is 45.2 Å². The van der Waals surface area contributed by atoms with Crippen LogP contribution in [0.1, 0.15) is 62.1 Å². The van der Waals surface area contributed by atoms with Crippen LogP contribution >= 0.6 is 0 Å². The number of nitrogens with zero attached hydrogens (tertiary/aromatic N) is 3. The van der Waals surface area contributed by atoms with E-state index in [9.17, 15) is 13.2 Å². The van der Waals surface area contributed by atoms with Crippen molar-refractivity contribution in [2.75, 3.05) is 6.54 Å². The Bertz CT molecular complexity index is 1010. The molecule has 2 aliphatic rings. The van der Waals surface area contributed by atoms with Crippen molar-refractivity contribution in [2.24, 2.45) is 5.92 Å². The maximum absolute atomic E-state index is 13.3. The average Bonchev–Trinajstić information content (AvgIpc) is 3.08. The smallest absolute Gasteiger partial charge is 0.272 e. The van der Waals surface area contributed by atoms with Crippen LogP contribution in [0.3, 0.4) is 0 Å². The summed E-state index contributed by atoms with van der Waals surface area (Å²) in [6.07, 6.45) is 7.00. The minimum absolute atomic E-state index is 0.128. The second-order valence-electron chi connectivity index (χ2n) is 8.38. The van der Waals surface area contributed by atoms with Gasteiger partial charge in [-0.2, -0.15) is 4.31 Å². The Hall–Kier alpha value is -2.19. The Labute approximate surface area is 172 Å². The number of benzene rings is 1. The number of imidazole rings is 1.